The van der Waals surface area contributed by atoms with E-state index in [4.69, 9.17) is 5.26 Å². The van der Waals surface area contributed by atoms with Crippen molar-refractivity contribution in [1.29, 1.82) is 5.26 Å². The first-order valence-electron chi connectivity index (χ1n) is 7.53. The third-order valence-electron chi connectivity index (χ3n) is 3.73. The van der Waals surface area contributed by atoms with E-state index in [2.05, 4.69) is 35.6 Å². The molecule has 23 heavy (non-hydrogen) atoms. The molecule has 2 unspecified atom stereocenters. The molecule has 0 aliphatic carbocycles. The molecule has 0 saturated carbocycles. The van der Waals surface area contributed by atoms with Gasteiger partial charge in [0.15, 0.2) is 0 Å². The zero-order chi connectivity index (χ0) is 16.8. The number of carbonyl (C=O) groups is 1. The quantitative estimate of drug-likeness (QED) is 0.817. The summed E-state index contributed by atoms with van der Waals surface area (Å²) in [7, 11) is 0. The molecule has 122 valence electrons. The van der Waals surface area contributed by atoms with Crippen molar-refractivity contribution in [3.63, 3.8) is 0 Å². The summed E-state index contributed by atoms with van der Waals surface area (Å²) in [6.45, 7) is 6.76. The number of rotatable bonds is 7. The van der Waals surface area contributed by atoms with Gasteiger partial charge in [-0.2, -0.15) is 10.4 Å². The van der Waals surface area contributed by atoms with E-state index >= 15 is 0 Å². The molecule has 0 bridgehead atoms. The average molecular weight is 331 g/mol. The average Bonchev–Trinajstić information content (AvgIpc) is 3.15. The van der Waals surface area contributed by atoms with E-state index in [1.807, 2.05) is 24.0 Å². The summed E-state index contributed by atoms with van der Waals surface area (Å²) in [6.07, 6.45) is 4.21. The molecule has 0 aliphatic heterocycles. The van der Waals surface area contributed by atoms with Crippen molar-refractivity contribution in [2.45, 2.75) is 39.3 Å². The van der Waals surface area contributed by atoms with Crippen molar-refractivity contribution >= 4 is 22.2 Å². The molecule has 0 spiro atoms. The third kappa shape index (κ3) is 4.65. The highest BCUT2D eigenvalue weighted by molar-refractivity contribution is 7.14. The van der Waals surface area contributed by atoms with Crippen LogP contribution in [-0.4, -0.2) is 28.3 Å². The molecule has 2 aromatic heterocycles. The summed E-state index contributed by atoms with van der Waals surface area (Å²) in [5.74, 6) is -0.0914. The van der Waals surface area contributed by atoms with Gasteiger partial charge in [0, 0.05) is 25.2 Å². The molecule has 0 saturated heterocycles. The van der Waals surface area contributed by atoms with E-state index in [9.17, 15) is 4.79 Å². The van der Waals surface area contributed by atoms with Gasteiger partial charge in [0.05, 0.1) is 17.8 Å². The normalized spacial score (nSPS) is 13.3. The number of amides is 1. The smallest absolute Gasteiger partial charge is 0.226 e. The summed E-state index contributed by atoms with van der Waals surface area (Å²) in [6, 6.07) is 4.16. The minimum absolute atomic E-state index is 0.0914. The first-order valence-corrected chi connectivity index (χ1v) is 8.40. The van der Waals surface area contributed by atoms with Crippen LogP contribution in [0.25, 0.3) is 0 Å². The lowest BCUT2D eigenvalue weighted by Gasteiger charge is -2.21. The summed E-state index contributed by atoms with van der Waals surface area (Å²) >= 11 is 1.36. The van der Waals surface area contributed by atoms with Gasteiger partial charge in [0.25, 0.3) is 0 Å². The van der Waals surface area contributed by atoms with Crippen LogP contribution >= 0.6 is 11.3 Å². The Bertz CT molecular complexity index is 699. The predicted octanol–water partition coefficient (Wildman–Crippen LogP) is 2.69. The number of aromatic nitrogens is 2. The number of thiophene rings is 1. The van der Waals surface area contributed by atoms with Crippen molar-refractivity contribution in [3.8, 4) is 6.07 Å². The number of hydrogen-bond donors (Lipinski definition) is 2. The first kappa shape index (κ1) is 17.2. The fourth-order valence-corrected chi connectivity index (χ4v) is 2.91. The van der Waals surface area contributed by atoms with Gasteiger partial charge in [0.1, 0.15) is 11.1 Å². The molecule has 2 rings (SSSR count). The highest BCUT2D eigenvalue weighted by Crippen LogP contribution is 2.22. The lowest BCUT2D eigenvalue weighted by atomic mass is 10.1. The van der Waals surface area contributed by atoms with Crippen LogP contribution in [0.4, 0.5) is 5.00 Å². The van der Waals surface area contributed by atoms with Gasteiger partial charge in [-0.1, -0.05) is 0 Å². The van der Waals surface area contributed by atoms with Gasteiger partial charge in [-0.3, -0.25) is 9.48 Å². The molecule has 2 aromatic rings. The van der Waals surface area contributed by atoms with Crippen LogP contribution in [0.2, 0.25) is 0 Å². The number of carbonyl (C=O) groups excluding carboxylic acids is 1. The van der Waals surface area contributed by atoms with E-state index < -0.39 is 0 Å². The molecular weight excluding hydrogens is 310 g/mol. The van der Waals surface area contributed by atoms with E-state index in [0.29, 0.717) is 23.5 Å². The Kier molecular flexibility index (Phi) is 5.90. The molecule has 2 N–H and O–H groups in total. The Morgan fingerprint density at radius 2 is 2.30 bits per heavy atom. The standard InChI is InChI=1S/C16H21N5OS/c1-11-9-19-21(10-11)13(3)12(2)18-6-4-15(22)20-16-14(8-17)5-7-23-16/h5,7,9-10,12-13,18H,4,6H2,1-3H3,(H,20,22). The first-order chi connectivity index (χ1) is 11.0. The maximum absolute atomic E-state index is 11.9. The number of nitrogens with zero attached hydrogens (tertiary/aromatic N) is 3. The predicted molar refractivity (Wildman–Crippen MR) is 91.4 cm³/mol. The molecule has 0 aromatic carbocycles. The van der Waals surface area contributed by atoms with Crippen LogP contribution in [0.3, 0.4) is 0 Å². The van der Waals surface area contributed by atoms with E-state index in [-0.39, 0.29) is 18.0 Å². The van der Waals surface area contributed by atoms with Gasteiger partial charge < -0.3 is 10.6 Å². The van der Waals surface area contributed by atoms with E-state index in [1.165, 1.54) is 11.3 Å². The van der Waals surface area contributed by atoms with Gasteiger partial charge in [-0.25, -0.2) is 0 Å². The Labute approximate surface area is 140 Å². The number of hydrogen-bond acceptors (Lipinski definition) is 5. The zero-order valence-corrected chi connectivity index (χ0v) is 14.4. The third-order valence-corrected chi connectivity index (χ3v) is 4.56. The Morgan fingerprint density at radius 3 is 2.96 bits per heavy atom. The maximum atomic E-state index is 11.9. The zero-order valence-electron chi connectivity index (χ0n) is 13.5. The number of nitriles is 1. The van der Waals surface area contributed by atoms with Gasteiger partial charge >= 0.3 is 0 Å². The Balaban J connectivity index is 1.76. The van der Waals surface area contributed by atoms with Crippen LogP contribution in [0, 0.1) is 18.3 Å². The lowest BCUT2D eigenvalue weighted by Crippen LogP contribution is -2.35. The Hall–Kier alpha value is -2.17. The molecular formula is C16H21N5OS. The second kappa shape index (κ2) is 7.90. The second-order valence-corrected chi connectivity index (χ2v) is 6.47. The molecule has 2 heterocycles. The molecule has 6 nitrogen and oxygen atoms in total. The maximum Gasteiger partial charge on any atom is 0.226 e. The molecule has 1 amide bonds. The summed E-state index contributed by atoms with van der Waals surface area (Å²) in [5, 5.41) is 21.8. The summed E-state index contributed by atoms with van der Waals surface area (Å²) in [4.78, 5) is 11.9. The summed E-state index contributed by atoms with van der Waals surface area (Å²) < 4.78 is 1.93. The van der Waals surface area contributed by atoms with E-state index in [0.717, 1.165) is 5.56 Å². The fraction of sp³-hybridized carbons (Fsp3) is 0.438. The molecule has 7 heteroatoms. The molecule has 0 aliphatic rings. The Morgan fingerprint density at radius 1 is 1.52 bits per heavy atom. The lowest BCUT2D eigenvalue weighted by molar-refractivity contribution is -0.116. The second-order valence-electron chi connectivity index (χ2n) is 5.55. The number of nitrogens with one attached hydrogen (secondary N) is 2. The van der Waals surface area contributed by atoms with Crippen LogP contribution in [0.5, 0.6) is 0 Å². The van der Waals surface area contributed by atoms with Crippen molar-refractivity contribution in [2.75, 3.05) is 11.9 Å². The monoisotopic (exact) mass is 331 g/mol. The van der Waals surface area contributed by atoms with E-state index in [1.54, 1.807) is 11.4 Å². The fourth-order valence-electron chi connectivity index (χ4n) is 2.15. The number of anilines is 1. The minimum atomic E-state index is -0.0914. The summed E-state index contributed by atoms with van der Waals surface area (Å²) in [5.41, 5.74) is 1.64. The van der Waals surface area contributed by atoms with Crippen molar-refractivity contribution in [1.82, 2.24) is 15.1 Å². The van der Waals surface area contributed by atoms with Crippen LogP contribution in [0.1, 0.15) is 37.4 Å². The topological polar surface area (TPSA) is 82.7 Å². The molecule has 0 fully saturated rings. The molecule has 0 radical (unpaired) electrons. The SMILES string of the molecule is Cc1cnn(C(C)C(C)NCCC(=O)Nc2sccc2C#N)c1. The van der Waals surface area contributed by atoms with Crippen molar-refractivity contribution in [2.24, 2.45) is 0 Å². The van der Waals surface area contributed by atoms with Gasteiger partial charge in [-0.15, -0.1) is 11.3 Å². The van der Waals surface area contributed by atoms with Gasteiger partial charge in [-0.05, 0) is 37.8 Å². The highest BCUT2D eigenvalue weighted by atomic mass is 32.1. The number of aryl methyl sites for hydroxylation is 1. The largest absolute Gasteiger partial charge is 0.317 e. The van der Waals surface area contributed by atoms with Crippen LogP contribution in [-0.2, 0) is 4.79 Å². The minimum Gasteiger partial charge on any atom is -0.317 e. The van der Waals surface area contributed by atoms with Crippen LogP contribution < -0.4 is 10.6 Å². The van der Waals surface area contributed by atoms with Gasteiger partial charge in [0.2, 0.25) is 5.91 Å². The van der Waals surface area contributed by atoms with Crippen LogP contribution in [0.15, 0.2) is 23.8 Å². The molecule has 2 atom stereocenters. The van der Waals surface area contributed by atoms with Crippen molar-refractivity contribution < 1.29 is 4.79 Å². The van der Waals surface area contributed by atoms with Crippen molar-refractivity contribution in [3.05, 3.63) is 35.0 Å². The highest BCUT2D eigenvalue weighted by Gasteiger charge is 2.15.